The molecule has 2 N–H and O–H groups in total. The van der Waals surface area contributed by atoms with E-state index in [2.05, 4.69) is 10.6 Å². The highest BCUT2D eigenvalue weighted by atomic mass is 16.5. The van der Waals surface area contributed by atoms with Crippen molar-refractivity contribution in [3.8, 4) is 0 Å². The average molecular weight is 186 g/mol. The average Bonchev–Trinajstić information content (AvgIpc) is 2.93. The van der Waals surface area contributed by atoms with E-state index in [0.29, 0.717) is 0 Å². The van der Waals surface area contributed by atoms with Gasteiger partial charge >= 0.3 is 0 Å². The molecule has 0 spiro atoms. The summed E-state index contributed by atoms with van der Waals surface area (Å²) in [4.78, 5) is 0. The van der Waals surface area contributed by atoms with E-state index in [4.69, 9.17) is 4.74 Å². The number of hydrogen-bond donors (Lipinski definition) is 2. The fourth-order valence-electron chi connectivity index (χ4n) is 1.27. The highest BCUT2D eigenvalue weighted by molar-refractivity contribution is 4.80. The Labute approximate surface area is 81.2 Å². The van der Waals surface area contributed by atoms with Crippen LogP contribution in [0.15, 0.2) is 0 Å². The lowest BCUT2D eigenvalue weighted by Gasteiger charge is -2.04. The minimum absolute atomic E-state index is 0.820. The fraction of sp³-hybridized carbons (Fsp3) is 1.00. The Kier molecular flexibility index (Phi) is 6.15. The highest BCUT2D eigenvalue weighted by Crippen LogP contribution is 2.18. The van der Waals surface area contributed by atoms with Crippen LogP contribution in [0, 0.1) is 0 Å². The minimum atomic E-state index is 0.820. The summed E-state index contributed by atoms with van der Waals surface area (Å²) < 4.78 is 4.93. The van der Waals surface area contributed by atoms with Crippen molar-refractivity contribution >= 4 is 0 Å². The van der Waals surface area contributed by atoms with Crippen LogP contribution >= 0.6 is 0 Å². The molecule has 0 aromatic carbocycles. The molecular weight excluding hydrogens is 164 g/mol. The van der Waals surface area contributed by atoms with E-state index in [1.54, 1.807) is 7.11 Å². The minimum Gasteiger partial charge on any atom is -0.383 e. The van der Waals surface area contributed by atoms with Gasteiger partial charge in [0.25, 0.3) is 0 Å². The molecule has 0 unspecified atom stereocenters. The molecule has 0 aliphatic heterocycles. The van der Waals surface area contributed by atoms with E-state index in [-0.39, 0.29) is 0 Å². The maximum atomic E-state index is 4.93. The summed E-state index contributed by atoms with van der Waals surface area (Å²) in [6, 6.07) is 0.862. The zero-order chi connectivity index (χ0) is 9.36. The van der Waals surface area contributed by atoms with Crippen molar-refractivity contribution in [3.05, 3.63) is 0 Å². The molecule has 1 fully saturated rings. The van der Waals surface area contributed by atoms with Crippen molar-refractivity contribution in [1.82, 2.24) is 10.6 Å². The SMILES string of the molecule is COCCNCCCCNC1CC1. The molecule has 0 saturated heterocycles. The van der Waals surface area contributed by atoms with Gasteiger partial charge in [0.05, 0.1) is 6.61 Å². The fourth-order valence-corrected chi connectivity index (χ4v) is 1.27. The summed E-state index contributed by atoms with van der Waals surface area (Å²) in [7, 11) is 1.74. The third-order valence-corrected chi connectivity index (χ3v) is 2.27. The predicted octanol–water partition coefficient (Wildman–Crippen LogP) is 0.755. The van der Waals surface area contributed by atoms with Gasteiger partial charge in [-0.2, -0.15) is 0 Å². The zero-order valence-corrected chi connectivity index (χ0v) is 8.64. The predicted molar refractivity (Wildman–Crippen MR) is 55.0 cm³/mol. The number of methoxy groups -OCH3 is 1. The Hall–Kier alpha value is -0.120. The van der Waals surface area contributed by atoms with Crippen LogP contribution in [-0.4, -0.2) is 39.4 Å². The first-order valence-electron chi connectivity index (χ1n) is 5.36. The van der Waals surface area contributed by atoms with Gasteiger partial charge in [-0.05, 0) is 38.8 Å². The van der Waals surface area contributed by atoms with Crippen LogP contribution in [-0.2, 0) is 4.74 Å². The van der Waals surface area contributed by atoms with Crippen LogP contribution in [0.4, 0.5) is 0 Å². The molecule has 0 atom stereocenters. The first-order valence-corrected chi connectivity index (χ1v) is 5.36. The summed E-state index contributed by atoms with van der Waals surface area (Å²) in [5, 5.41) is 6.84. The summed E-state index contributed by atoms with van der Waals surface area (Å²) in [6.07, 6.45) is 5.35. The lowest BCUT2D eigenvalue weighted by molar-refractivity contribution is 0.199. The molecule has 3 heteroatoms. The Morgan fingerprint density at radius 2 is 1.92 bits per heavy atom. The van der Waals surface area contributed by atoms with Crippen molar-refractivity contribution in [2.75, 3.05) is 33.4 Å². The van der Waals surface area contributed by atoms with Gasteiger partial charge in [-0.25, -0.2) is 0 Å². The van der Waals surface area contributed by atoms with Gasteiger partial charge in [0, 0.05) is 19.7 Å². The number of nitrogens with one attached hydrogen (secondary N) is 2. The summed E-state index contributed by atoms with van der Waals surface area (Å²) in [6.45, 7) is 4.11. The normalized spacial score (nSPS) is 16.4. The van der Waals surface area contributed by atoms with Crippen molar-refractivity contribution in [1.29, 1.82) is 0 Å². The number of unbranched alkanes of at least 4 members (excludes halogenated alkanes) is 1. The molecule has 0 radical (unpaired) electrons. The van der Waals surface area contributed by atoms with Gasteiger partial charge in [-0.3, -0.25) is 0 Å². The topological polar surface area (TPSA) is 33.3 Å². The molecule has 1 rings (SSSR count). The second kappa shape index (κ2) is 7.30. The molecule has 1 aliphatic carbocycles. The summed E-state index contributed by atoms with van der Waals surface area (Å²) >= 11 is 0. The lowest BCUT2D eigenvalue weighted by Crippen LogP contribution is -2.22. The lowest BCUT2D eigenvalue weighted by atomic mass is 10.3. The third kappa shape index (κ3) is 6.99. The van der Waals surface area contributed by atoms with Crippen molar-refractivity contribution in [2.24, 2.45) is 0 Å². The summed E-state index contributed by atoms with van der Waals surface area (Å²) in [5.74, 6) is 0. The second-order valence-corrected chi connectivity index (χ2v) is 3.68. The van der Waals surface area contributed by atoms with E-state index in [0.717, 1.165) is 25.7 Å². The quantitative estimate of drug-likeness (QED) is 0.521. The van der Waals surface area contributed by atoms with Crippen molar-refractivity contribution < 1.29 is 4.74 Å². The van der Waals surface area contributed by atoms with Crippen LogP contribution in [0.3, 0.4) is 0 Å². The van der Waals surface area contributed by atoms with Crippen LogP contribution < -0.4 is 10.6 Å². The van der Waals surface area contributed by atoms with E-state index >= 15 is 0 Å². The molecule has 1 aliphatic rings. The zero-order valence-electron chi connectivity index (χ0n) is 8.64. The third-order valence-electron chi connectivity index (χ3n) is 2.27. The smallest absolute Gasteiger partial charge is 0.0587 e. The maximum absolute atomic E-state index is 4.93. The van der Waals surface area contributed by atoms with Gasteiger partial charge < -0.3 is 15.4 Å². The van der Waals surface area contributed by atoms with Crippen molar-refractivity contribution in [2.45, 2.75) is 31.7 Å². The van der Waals surface area contributed by atoms with E-state index in [1.807, 2.05) is 0 Å². The molecule has 0 bridgehead atoms. The van der Waals surface area contributed by atoms with Gasteiger partial charge in [0.15, 0.2) is 0 Å². The number of ether oxygens (including phenoxy) is 1. The standard InChI is InChI=1S/C10H22N2O/c1-13-9-8-11-6-2-3-7-12-10-4-5-10/h10-12H,2-9H2,1H3. The first-order chi connectivity index (χ1) is 6.43. The maximum Gasteiger partial charge on any atom is 0.0587 e. The Bertz CT molecular complexity index is 115. The van der Waals surface area contributed by atoms with E-state index < -0.39 is 0 Å². The number of rotatable bonds is 9. The van der Waals surface area contributed by atoms with Crippen LogP contribution in [0.1, 0.15) is 25.7 Å². The van der Waals surface area contributed by atoms with Crippen LogP contribution in [0.25, 0.3) is 0 Å². The Morgan fingerprint density at radius 1 is 1.15 bits per heavy atom. The molecule has 0 aromatic heterocycles. The summed E-state index contributed by atoms with van der Waals surface area (Å²) in [5.41, 5.74) is 0. The molecular formula is C10H22N2O. The van der Waals surface area contributed by atoms with Crippen LogP contribution in [0.5, 0.6) is 0 Å². The van der Waals surface area contributed by atoms with E-state index in [9.17, 15) is 0 Å². The first kappa shape index (κ1) is 11.0. The molecule has 1 saturated carbocycles. The van der Waals surface area contributed by atoms with Gasteiger partial charge in [-0.15, -0.1) is 0 Å². The second-order valence-electron chi connectivity index (χ2n) is 3.68. The molecule has 0 heterocycles. The largest absolute Gasteiger partial charge is 0.383 e. The Morgan fingerprint density at radius 3 is 2.62 bits per heavy atom. The van der Waals surface area contributed by atoms with E-state index in [1.165, 1.54) is 32.2 Å². The molecule has 13 heavy (non-hydrogen) atoms. The van der Waals surface area contributed by atoms with Gasteiger partial charge in [-0.1, -0.05) is 0 Å². The monoisotopic (exact) mass is 186 g/mol. The van der Waals surface area contributed by atoms with Crippen molar-refractivity contribution in [3.63, 3.8) is 0 Å². The molecule has 78 valence electrons. The van der Waals surface area contributed by atoms with Gasteiger partial charge in [0.1, 0.15) is 0 Å². The molecule has 0 amide bonds. The number of hydrogen-bond acceptors (Lipinski definition) is 3. The molecule has 0 aromatic rings. The van der Waals surface area contributed by atoms with Gasteiger partial charge in [0.2, 0.25) is 0 Å². The molecule has 3 nitrogen and oxygen atoms in total. The van der Waals surface area contributed by atoms with Crippen LogP contribution in [0.2, 0.25) is 0 Å². The highest BCUT2D eigenvalue weighted by Gasteiger charge is 2.19. The Balaban J connectivity index is 1.63.